The third kappa shape index (κ3) is 3.65. The van der Waals surface area contributed by atoms with Gasteiger partial charge in [0.05, 0.1) is 18.2 Å². The van der Waals surface area contributed by atoms with Gasteiger partial charge in [-0.3, -0.25) is 4.79 Å². The Kier molecular flexibility index (Phi) is 5.15. The van der Waals surface area contributed by atoms with Crippen molar-refractivity contribution in [2.24, 2.45) is 0 Å². The molecule has 5 nitrogen and oxygen atoms in total. The highest BCUT2D eigenvalue weighted by Gasteiger charge is 2.15. The third-order valence-electron chi connectivity index (χ3n) is 5.29. The lowest BCUT2D eigenvalue weighted by molar-refractivity contribution is 0.102. The van der Waals surface area contributed by atoms with Crippen LogP contribution < -0.4 is 15.0 Å². The van der Waals surface area contributed by atoms with Crippen molar-refractivity contribution in [2.45, 2.75) is 26.2 Å². The first-order valence-electron chi connectivity index (χ1n) is 9.76. The first kappa shape index (κ1) is 18.3. The van der Waals surface area contributed by atoms with Crippen LogP contribution in [0.1, 0.15) is 35.2 Å². The van der Waals surface area contributed by atoms with Crippen molar-refractivity contribution < 1.29 is 9.53 Å². The number of hydrogen-bond donors (Lipinski definition) is 1. The molecule has 0 atom stereocenters. The summed E-state index contributed by atoms with van der Waals surface area (Å²) in [4.78, 5) is 19.9. The zero-order valence-corrected chi connectivity index (χ0v) is 16.4. The highest BCUT2D eigenvalue weighted by molar-refractivity contribution is 6.07. The van der Waals surface area contributed by atoms with Crippen molar-refractivity contribution in [3.8, 4) is 5.75 Å². The maximum absolute atomic E-state index is 12.7. The number of rotatable bonds is 4. The Morgan fingerprint density at radius 3 is 2.64 bits per heavy atom. The van der Waals surface area contributed by atoms with Crippen LogP contribution in [0.15, 0.2) is 48.5 Å². The van der Waals surface area contributed by atoms with Gasteiger partial charge in [-0.25, -0.2) is 4.98 Å². The number of carbonyl (C=O) groups is 1. The van der Waals surface area contributed by atoms with Gasteiger partial charge in [-0.05, 0) is 68.1 Å². The molecule has 28 heavy (non-hydrogen) atoms. The van der Waals surface area contributed by atoms with Gasteiger partial charge in [0.15, 0.2) is 0 Å². The van der Waals surface area contributed by atoms with E-state index in [1.807, 2.05) is 30.3 Å². The van der Waals surface area contributed by atoms with Crippen molar-refractivity contribution in [3.05, 3.63) is 59.7 Å². The van der Waals surface area contributed by atoms with Crippen molar-refractivity contribution in [2.75, 3.05) is 30.4 Å². The number of carbonyl (C=O) groups excluding carboxylic acids is 1. The van der Waals surface area contributed by atoms with Gasteiger partial charge in [-0.15, -0.1) is 0 Å². The van der Waals surface area contributed by atoms with Crippen molar-refractivity contribution in [3.63, 3.8) is 0 Å². The smallest absolute Gasteiger partial charge is 0.259 e. The minimum atomic E-state index is -0.188. The van der Waals surface area contributed by atoms with Crippen LogP contribution in [0.25, 0.3) is 10.9 Å². The van der Waals surface area contributed by atoms with Crippen LogP contribution in [0, 0.1) is 6.92 Å². The second-order valence-electron chi connectivity index (χ2n) is 7.23. The summed E-state index contributed by atoms with van der Waals surface area (Å²) >= 11 is 0. The number of benzene rings is 2. The summed E-state index contributed by atoms with van der Waals surface area (Å²) in [6.45, 7) is 4.25. The number of piperidine rings is 1. The highest BCUT2D eigenvalue weighted by Crippen LogP contribution is 2.27. The number of fused-ring (bicyclic) bond motifs is 1. The fraction of sp³-hybridized carbons (Fsp3) is 0.304. The van der Waals surface area contributed by atoms with Crippen molar-refractivity contribution >= 4 is 28.3 Å². The molecular formula is C23H25N3O2. The van der Waals surface area contributed by atoms with E-state index in [4.69, 9.17) is 9.72 Å². The van der Waals surface area contributed by atoms with Gasteiger partial charge in [-0.2, -0.15) is 0 Å². The summed E-state index contributed by atoms with van der Waals surface area (Å²) in [6.07, 6.45) is 3.76. The average Bonchev–Trinajstić information content (AvgIpc) is 2.74. The number of aromatic nitrogens is 1. The van der Waals surface area contributed by atoms with Gasteiger partial charge in [0.25, 0.3) is 5.91 Å². The molecule has 1 aromatic heterocycles. The summed E-state index contributed by atoms with van der Waals surface area (Å²) in [6, 6.07) is 15.2. The summed E-state index contributed by atoms with van der Waals surface area (Å²) in [7, 11) is 1.57. The molecule has 1 fully saturated rings. The number of ether oxygens (including phenoxy) is 1. The Morgan fingerprint density at radius 2 is 1.86 bits per heavy atom. The average molecular weight is 375 g/mol. The van der Waals surface area contributed by atoms with E-state index < -0.39 is 0 Å². The molecule has 2 heterocycles. The maximum atomic E-state index is 12.7. The number of nitrogens with one attached hydrogen (secondary N) is 1. The molecule has 1 N–H and O–H groups in total. The molecule has 1 aliphatic rings. The lowest BCUT2D eigenvalue weighted by atomic mass is 10.1. The van der Waals surface area contributed by atoms with Gasteiger partial charge in [0, 0.05) is 24.2 Å². The summed E-state index contributed by atoms with van der Waals surface area (Å²) in [5.41, 5.74) is 3.38. The molecule has 4 rings (SSSR count). The standard InChI is InChI=1S/C23H25N3O2/c1-16-14-22(26-12-6-3-7-13-26)25-20-11-10-17(15-19(16)20)24-23(27)18-8-4-5-9-21(18)28-2/h4-5,8-11,14-15H,3,6-7,12-13H2,1-2H3,(H,24,27). The number of amides is 1. The second kappa shape index (κ2) is 7.89. The molecule has 0 spiro atoms. The monoisotopic (exact) mass is 375 g/mol. The lowest BCUT2D eigenvalue weighted by Crippen LogP contribution is -2.30. The first-order chi connectivity index (χ1) is 13.7. The molecule has 3 aromatic rings. The molecule has 0 bridgehead atoms. The van der Waals surface area contributed by atoms with Crippen LogP contribution in [0.5, 0.6) is 5.75 Å². The van der Waals surface area contributed by atoms with E-state index in [2.05, 4.69) is 23.2 Å². The van der Waals surface area contributed by atoms with Crippen LogP contribution >= 0.6 is 0 Å². The zero-order chi connectivity index (χ0) is 19.5. The predicted octanol–water partition coefficient (Wildman–Crippen LogP) is 4.79. The number of nitrogens with zero attached hydrogens (tertiary/aromatic N) is 2. The molecule has 0 saturated carbocycles. The number of pyridine rings is 1. The van der Waals surface area contributed by atoms with Crippen LogP contribution in [0.2, 0.25) is 0 Å². The van der Waals surface area contributed by atoms with Gasteiger partial charge in [-0.1, -0.05) is 12.1 Å². The fourth-order valence-corrected chi connectivity index (χ4v) is 3.77. The number of aryl methyl sites for hydroxylation is 1. The molecule has 0 unspecified atom stereocenters. The molecular weight excluding hydrogens is 350 g/mol. The van der Waals surface area contributed by atoms with E-state index in [0.717, 1.165) is 35.5 Å². The van der Waals surface area contributed by atoms with Gasteiger partial charge < -0.3 is 15.0 Å². The maximum Gasteiger partial charge on any atom is 0.259 e. The van der Waals surface area contributed by atoms with Gasteiger partial charge in [0.1, 0.15) is 11.6 Å². The topological polar surface area (TPSA) is 54.5 Å². The quantitative estimate of drug-likeness (QED) is 0.712. The predicted molar refractivity (Wildman–Crippen MR) is 113 cm³/mol. The fourth-order valence-electron chi connectivity index (χ4n) is 3.77. The third-order valence-corrected chi connectivity index (χ3v) is 5.29. The van der Waals surface area contributed by atoms with E-state index in [-0.39, 0.29) is 5.91 Å². The Morgan fingerprint density at radius 1 is 1.07 bits per heavy atom. The van der Waals surface area contributed by atoms with E-state index >= 15 is 0 Å². The Labute approximate surface area is 165 Å². The Hall–Kier alpha value is -3.08. The summed E-state index contributed by atoms with van der Waals surface area (Å²) < 4.78 is 5.29. The normalized spacial score (nSPS) is 14.1. The van der Waals surface area contributed by atoms with Crippen molar-refractivity contribution in [1.82, 2.24) is 4.98 Å². The molecule has 5 heteroatoms. The molecule has 1 saturated heterocycles. The van der Waals surface area contributed by atoms with Gasteiger partial charge in [0.2, 0.25) is 0 Å². The minimum Gasteiger partial charge on any atom is -0.496 e. The second-order valence-corrected chi connectivity index (χ2v) is 7.23. The number of para-hydroxylation sites is 1. The largest absolute Gasteiger partial charge is 0.496 e. The van der Waals surface area contributed by atoms with E-state index in [1.165, 1.54) is 24.8 Å². The highest BCUT2D eigenvalue weighted by atomic mass is 16.5. The molecule has 0 aliphatic carbocycles. The number of methoxy groups -OCH3 is 1. The zero-order valence-electron chi connectivity index (χ0n) is 16.4. The molecule has 2 aromatic carbocycles. The number of anilines is 2. The van der Waals surface area contributed by atoms with Crippen LogP contribution in [-0.4, -0.2) is 31.1 Å². The summed E-state index contributed by atoms with van der Waals surface area (Å²) in [5.74, 6) is 1.42. The van der Waals surface area contributed by atoms with Crippen LogP contribution in [-0.2, 0) is 0 Å². The van der Waals surface area contributed by atoms with Crippen LogP contribution in [0.3, 0.4) is 0 Å². The number of hydrogen-bond acceptors (Lipinski definition) is 4. The summed E-state index contributed by atoms with van der Waals surface area (Å²) in [5, 5.41) is 4.03. The minimum absolute atomic E-state index is 0.188. The van der Waals surface area contributed by atoms with Gasteiger partial charge >= 0.3 is 0 Å². The Balaban J connectivity index is 1.61. The van der Waals surface area contributed by atoms with E-state index in [9.17, 15) is 4.79 Å². The SMILES string of the molecule is COc1ccccc1C(=O)Nc1ccc2nc(N3CCCCC3)cc(C)c2c1. The molecule has 1 amide bonds. The molecule has 1 aliphatic heterocycles. The van der Waals surface area contributed by atoms with Crippen molar-refractivity contribution in [1.29, 1.82) is 0 Å². The van der Waals surface area contributed by atoms with E-state index in [0.29, 0.717) is 11.3 Å². The van der Waals surface area contributed by atoms with Crippen LogP contribution in [0.4, 0.5) is 11.5 Å². The molecule has 144 valence electrons. The lowest BCUT2D eigenvalue weighted by Gasteiger charge is -2.28. The first-order valence-corrected chi connectivity index (χ1v) is 9.76. The molecule has 0 radical (unpaired) electrons. The van der Waals surface area contributed by atoms with E-state index in [1.54, 1.807) is 19.2 Å². The Bertz CT molecular complexity index is 1010.